The van der Waals surface area contributed by atoms with E-state index < -0.39 is 226 Å². The fraction of sp³-hybridized carbons (Fsp3) is 0.757. The molecule has 36 nitrogen and oxygen atoms in total. The molecule has 0 aromatic carbocycles. The molecule has 0 aromatic rings. The molecule has 110 heavy (non-hydrogen) atoms. The third kappa shape index (κ3) is 17.9. The summed E-state index contributed by atoms with van der Waals surface area (Å²) >= 11 is 0. The first-order valence-corrected chi connectivity index (χ1v) is 37.1. The number of rotatable bonds is 24. The lowest BCUT2D eigenvalue weighted by Gasteiger charge is -2.33. The molecular formula is C74H96O36. The van der Waals surface area contributed by atoms with E-state index in [0.29, 0.717) is 44.9 Å². The molecule has 8 heterocycles. The van der Waals surface area contributed by atoms with Crippen molar-refractivity contribution < 1.29 is 172 Å². The first kappa shape index (κ1) is 84.5. The lowest BCUT2D eigenvalue weighted by molar-refractivity contribution is -0.227. The number of cyclic esters (lactones) is 6. The molecule has 0 aromatic heterocycles. The van der Waals surface area contributed by atoms with Crippen LogP contribution in [0.15, 0.2) is 0 Å². The average Bonchev–Trinajstić information content (AvgIpc) is 1.52. The largest absolute Gasteiger partial charge is 0.463 e. The maximum Gasteiger partial charge on any atom is 0.348 e. The van der Waals surface area contributed by atoms with Crippen LogP contribution in [0.25, 0.3) is 0 Å². The number of fused-ring (bicyclic) bond motifs is 2. The number of carbonyl (C=O) groups excluding carboxylic acids is 18. The van der Waals surface area contributed by atoms with E-state index in [1.165, 1.54) is 0 Å². The van der Waals surface area contributed by atoms with Gasteiger partial charge in [0, 0.05) is 43.9 Å². The monoisotopic (exact) mass is 1560 g/mol. The fourth-order valence-corrected chi connectivity index (χ4v) is 14.5. The van der Waals surface area contributed by atoms with Gasteiger partial charge in [0.1, 0.15) is 24.0 Å². The molecule has 12 rings (SSSR count). The number of hydrogen-bond donors (Lipinski definition) is 0. The summed E-state index contributed by atoms with van der Waals surface area (Å²) in [4.78, 5) is 219. The van der Waals surface area contributed by atoms with Gasteiger partial charge in [-0.2, -0.15) is 0 Å². The summed E-state index contributed by atoms with van der Waals surface area (Å²) < 4.78 is 92.0. The van der Waals surface area contributed by atoms with Crippen molar-refractivity contribution in [3.05, 3.63) is 0 Å². The Morgan fingerprint density at radius 2 is 0.836 bits per heavy atom. The van der Waals surface area contributed by atoms with E-state index in [1.54, 1.807) is 62.3 Å². The minimum Gasteiger partial charge on any atom is -0.463 e. The van der Waals surface area contributed by atoms with Crippen molar-refractivity contribution in [3.8, 4) is 0 Å². The molecule has 36 heteroatoms. The predicted molar refractivity (Wildman–Crippen MR) is 354 cm³/mol. The van der Waals surface area contributed by atoms with Crippen molar-refractivity contribution in [1.82, 2.24) is 0 Å². The molecule has 0 spiro atoms. The van der Waals surface area contributed by atoms with E-state index in [2.05, 4.69) is 4.74 Å². The second-order valence-electron chi connectivity index (χ2n) is 31.6. The highest BCUT2D eigenvalue weighted by molar-refractivity contribution is 6.04. The number of esters is 18. The van der Waals surface area contributed by atoms with Gasteiger partial charge < -0.3 is 85.3 Å². The molecule has 8 aliphatic heterocycles. The molecule has 12 aliphatic rings. The summed E-state index contributed by atoms with van der Waals surface area (Å²) in [6.07, 6.45) is -2.99. The topological polar surface area (TPSA) is 473 Å². The van der Waals surface area contributed by atoms with Gasteiger partial charge in [0.25, 0.3) is 5.79 Å². The second kappa shape index (κ2) is 34.0. The highest BCUT2D eigenvalue weighted by atomic mass is 16.8. The van der Waals surface area contributed by atoms with Crippen LogP contribution in [0.2, 0.25) is 0 Å². The number of hydrogen-bond acceptors (Lipinski definition) is 36. The Morgan fingerprint density at radius 1 is 0.418 bits per heavy atom. The normalized spacial score (nSPS) is 31.9. The van der Waals surface area contributed by atoms with E-state index >= 15 is 0 Å². The molecule has 18 atom stereocenters. The van der Waals surface area contributed by atoms with Crippen LogP contribution >= 0.6 is 0 Å². The Morgan fingerprint density at radius 3 is 1.30 bits per heavy atom. The van der Waals surface area contributed by atoms with Gasteiger partial charge in [-0.1, -0.05) is 27.7 Å². The van der Waals surface area contributed by atoms with Crippen LogP contribution in [0, 0.1) is 74.4 Å². The Kier molecular flexibility index (Phi) is 26.1. The van der Waals surface area contributed by atoms with Crippen LogP contribution < -0.4 is 0 Å². The van der Waals surface area contributed by atoms with Gasteiger partial charge in [-0.05, 0) is 119 Å². The van der Waals surface area contributed by atoms with Crippen molar-refractivity contribution in [1.29, 1.82) is 0 Å². The minimum absolute atomic E-state index is 0.0267. The lowest BCUT2D eigenvalue weighted by atomic mass is 9.72. The van der Waals surface area contributed by atoms with Crippen LogP contribution in [-0.2, 0) is 172 Å². The van der Waals surface area contributed by atoms with Crippen molar-refractivity contribution in [2.45, 2.75) is 228 Å². The Balaban J connectivity index is 0.000000169. The minimum atomic E-state index is -1.60. The molecule has 12 fully saturated rings. The van der Waals surface area contributed by atoms with Crippen LogP contribution in [0.1, 0.15) is 173 Å². The molecule has 0 amide bonds. The van der Waals surface area contributed by atoms with Gasteiger partial charge in [-0.3, -0.25) is 47.9 Å². The summed E-state index contributed by atoms with van der Waals surface area (Å²) in [5, 5.41) is 0. The molecule has 4 bridgehead atoms. The van der Waals surface area contributed by atoms with E-state index in [-0.39, 0.29) is 108 Å². The average molecular weight is 1560 g/mol. The van der Waals surface area contributed by atoms with E-state index in [1.807, 2.05) is 20.8 Å². The van der Waals surface area contributed by atoms with Crippen molar-refractivity contribution in [2.75, 3.05) is 52.9 Å². The van der Waals surface area contributed by atoms with E-state index in [4.69, 9.17) is 80.5 Å². The van der Waals surface area contributed by atoms with Crippen LogP contribution in [0.3, 0.4) is 0 Å². The SMILES string of the molecule is CCC(C)(C)C(=O)OC1C(=O)OCCC1C(=O)OC1CCOC1=O.CCC(C)(C)C(=O)OC1C(=O)OCCC1C(=O)OCC(=O)OC1CCOC1=O.CCC(C)(C)C(=O)OC1C2CC3C1OC(=O)C3C2C(=O)OC1CCOC1=O.CCC(C)(C)C(=O)OCC(=O)OC12CC3CC1C(C(=O)OC1CCOC1=O)(C3)C(=O)O2. The molecule has 0 radical (unpaired) electrons. The maximum absolute atomic E-state index is 13.0. The fourth-order valence-electron chi connectivity index (χ4n) is 14.5. The maximum atomic E-state index is 13.0. The van der Waals surface area contributed by atoms with Crippen LogP contribution in [-0.4, -0.2) is 215 Å². The Bertz CT molecular complexity index is 3660. The summed E-state index contributed by atoms with van der Waals surface area (Å²) in [6.45, 7) is 20.3. The van der Waals surface area contributed by atoms with Gasteiger partial charge in [-0.25, -0.2) is 38.4 Å². The zero-order valence-electron chi connectivity index (χ0n) is 63.5. The van der Waals surface area contributed by atoms with E-state index in [9.17, 15) is 86.3 Å². The van der Waals surface area contributed by atoms with Crippen molar-refractivity contribution in [2.24, 2.45) is 74.4 Å². The van der Waals surface area contributed by atoms with Crippen LogP contribution in [0.4, 0.5) is 0 Å². The van der Waals surface area contributed by atoms with Gasteiger partial charge in [-0.15, -0.1) is 0 Å². The second-order valence-corrected chi connectivity index (χ2v) is 31.6. The van der Waals surface area contributed by atoms with Gasteiger partial charge in [0.05, 0.1) is 79.1 Å². The van der Waals surface area contributed by atoms with Gasteiger partial charge in [0.15, 0.2) is 18.6 Å². The first-order chi connectivity index (χ1) is 51.7. The van der Waals surface area contributed by atoms with Gasteiger partial charge in [0.2, 0.25) is 36.6 Å². The van der Waals surface area contributed by atoms with E-state index in [0.717, 1.165) is 0 Å². The summed E-state index contributed by atoms with van der Waals surface area (Å²) in [6, 6.07) is 0. The molecule has 608 valence electrons. The summed E-state index contributed by atoms with van der Waals surface area (Å²) in [5.41, 5.74) is -4.64. The zero-order chi connectivity index (χ0) is 80.9. The standard InChI is InChI=1S/C21H26O10.C19H24O8.C18H24O10.C16H22O8/c1-4-19(2,3)16(24)28-10-14(22)30-21-9-11-7-13(21)20(8-11,18(26)31-21)17(25)29-12-5-6-27-15(12)23;1-4-19(2,3)18(23)27-14-9-7-8-12(17(22)26-13(8)14)11(9)16(21)25-10-5-6-24-15(10)20;1-4-18(2,3)17(23)28-13-10(5-7-25-16(13)22)14(20)26-9-12(19)27-11-6-8-24-15(11)21;1-4-16(2,3)15(20)24-11-9(5-7-22-14(11)19)12(17)23-10-6-8-21-13(10)18/h11-13H,4-10H2,1-3H3;8-14H,4-7H2,1-3H3;10-11,13H,4-9H2,1-3H3;9-11H,4-8H2,1-3H3. The highest BCUT2D eigenvalue weighted by Gasteiger charge is 2.80. The lowest BCUT2D eigenvalue weighted by Crippen LogP contribution is -2.48. The molecule has 0 N–H and O–H groups in total. The third-order valence-corrected chi connectivity index (χ3v) is 22.8. The highest BCUT2D eigenvalue weighted by Crippen LogP contribution is 2.67. The predicted octanol–water partition coefficient (Wildman–Crippen LogP) is 3.09. The number of ether oxygens (including phenoxy) is 18. The number of carbonyl (C=O) groups is 18. The summed E-state index contributed by atoms with van der Waals surface area (Å²) in [5.74, 6) is -18.7. The Labute approximate surface area is 631 Å². The zero-order valence-corrected chi connectivity index (χ0v) is 63.5. The third-order valence-electron chi connectivity index (χ3n) is 22.8. The molecule has 18 unspecified atom stereocenters. The Hall–Kier alpha value is -9.54. The summed E-state index contributed by atoms with van der Waals surface area (Å²) in [7, 11) is 0. The van der Waals surface area contributed by atoms with Gasteiger partial charge >= 0.3 is 107 Å². The molecule has 8 saturated heterocycles. The molecular weight excluding hydrogens is 1460 g/mol. The quantitative estimate of drug-likeness (QED) is 0.0761. The van der Waals surface area contributed by atoms with Crippen molar-refractivity contribution >= 4 is 107 Å². The van der Waals surface area contributed by atoms with Crippen molar-refractivity contribution in [3.63, 3.8) is 0 Å². The first-order valence-electron chi connectivity index (χ1n) is 37.1. The smallest absolute Gasteiger partial charge is 0.348 e. The molecule has 4 saturated carbocycles. The van der Waals surface area contributed by atoms with Crippen LogP contribution in [0.5, 0.6) is 0 Å². The molecule has 4 aliphatic carbocycles.